The summed E-state index contributed by atoms with van der Waals surface area (Å²) in [6.45, 7) is 8.09. The topological polar surface area (TPSA) is 52.3 Å². The van der Waals surface area contributed by atoms with Crippen LogP contribution in [0.2, 0.25) is 0 Å². The standard InChI is InChI=1S/C15H23NO2/c1-9(2)13(15(17)18-5)14(16)12-7-6-10(3)11(4)8-12/h6-9,13-14H,16H2,1-5H3. The number of benzene rings is 1. The van der Waals surface area contributed by atoms with E-state index in [1.54, 1.807) is 0 Å². The van der Waals surface area contributed by atoms with Crippen LogP contribution in [0.3, 0.4) is 0 Å². The number of carbonyl (C=O) groups is 1. The summed E-state index contributed by atoms with van der Waals surface area (Å²) in [5.41, 5.74) is 9.64. The van der Waals surface area contributed by atoms with Crippen LogP contribution in [-0.2, 0) is 9.53 Å². The molecule has 0 fully saturated rings. The van der Waals surface area contributed by atoms with E-state index in [2.05, 4.69) is 13.0 Å². The van der Waals surface area contributed by atoms with Crippen LogP contribution in [0.4, 0.5) is 0 Å². The van der Waals surface area contributed by atoms with Crippen LogP contribution in [0.15, 0.2) is 18.2 Å². The number of rotatable bonds is 4. The lowest BCUT2D eigenvalue weighted by Crippen LogP contribution is -2.33. The fraction of sp³-hybridized carbons (Fsp3) is 0.533. The Hall–Kier alpha value is -1.35. The molecule has 0 radical (unpaired) electrons. The van der Waals surface area contributed by atoms with Crippen LogP contribution in [0.1, 0.15) is 36.6 Å². The average molecular weight is 249 g/mol. The lowest BCUT2D eigenvalue weighted by molar-refractivity contribution is -0.147. The molecule has 0 amide bonds. The molecule has 0 saturated heterocycles. The van der Waals surface area contributed by atoms with Crippen LogP contribution in [0.25, 0.3) is 0 Å². The SMILES string of the molecule is COC(=O)C(C(C)C)C(N)c1ccc(C)c(C)c1. The second-order valence-electron chi connectivity index (χ2n) is 5.16. The van der Waals surface area contributed by atoms with Gasteiger partial charge in [-0.1, -0.05) is 32.0 Å². The van der Waals surface area contributed by atoms with Gasteiger partial charge >= 0.3 is 5.97 Å². The Balaban J connectivity index is 3.05. The average Bonchev–Trinajstić information content (AvgIpc) is 2.32. The van der Waals surface area contributed by atoms with Crippen LogP contribution >= 0.6 is 0 Å². The van der Waals surface area contributed by atoms with E-state index in [1.165, 1.54) is 18.2 Å². The Morgan fingerprint density at radius 1 is 1.22 bits per heavy atom. The van der Waals surface area contributed by atoms with Gasteiger partial charge in [-0.15, -0.1) is 0 Å². The largest absolute Gasteiger partial charge is 0.469 e. The molecule has 3 heteroatoms. The van der Waals surface area contributed by atoms with Crippen molar-refractivity contribution in [3.8, 4) is 0 Å². The van der Waals surface area contributed by atoms with Gasteiger partial charge in [0.1, 0.15) is 0 Å². The summed E-state index contributed by atoms with van der Waals surface area (Å²) in [6, 6.07) is 5.76. The smallest absolute Gasteiger partial charge is 0.310 e. The van der Waals surface area contributed by atoms with Crippen molar-refractivity contribution in [2.24, 2.45) is 17.6 Å². The first kappa shape index (κ1) is 14.7. The van der Waals surface area contributed by atoms with Gasteiger partial charge in [0, 0.05) is 6.04 Å². The molecule has 18 heavy (non-hydrogen) atoms. The lowest BCUT2D eigenvalue weighted by atomic mass is 9.84. The van der Waals surface area contributed by atoms with Crippen molar-refractivity contribution in [3.63, 3.8) is 0 Å². The minimum absolute atomic E-state index is 0.147. The molecule has 1 aromatic rings. The fourth-order valence-electron chi connectivity index (χ4n) is 2.15. The lowest BCUT2D eigenvalue weighted by Gasteiger charge is -2.25. The maximum Gasteiger partial charge on any atom is 0.310 e. The Morgan fingerprint density at radius 2 is 1.83 bits per heavy atom. The molecule has 0 aliphatic heterocycles. The van der Waals surface area contributed by atoms with Gasteiger partial charge in [-0.05, 0) is 36.5 Å². The molecule has 3 nitrogen and oxygen atoms in total. The van der Waals surface area contributed by atoms with Crippen LogP contribution in [0, 0.1) is 25.7 Å². The predicted molar refractivity (Wildman–Crippen MR) is 73.2 cm³/mol. The van der Waals surface area contributed by atoms with Crippen molar-refractivity contribution in [3.05, 3.63) is 34.9 Å². The molecule has 0 spiro atoms. The highest BCUT2D eigenvalue weighted by Crippen LogP contribution is 2.28. The van der Waals surface area contributed by atoms with Crippen molar-refractivity contribution in [1.29, 1.82) is 0 Å². The van der Waals surface area contributed by atoms with E-state index >= 15 is 0 Å². The van der Waals surface area contributed by atoms with E-state index in [0.717, 1.165) is 5.56 Å². The summed E-state index contributed by atoms with van der Waals surface area (Å²) in [4.78, 5) is 11.8. The maximum atomic E-state index is 11.8. The first-order chi connectivity index (χ1) is 8.38. The van der Waals surface area contributed by atoms with Crippen LogP contribution in [-0.4, -0.2) is 13.1 Å². The molecule has 100 valence electrons. The first-order valence-corrected chi connectivity index (χ1v) is 6.29. The maximum absolute atomic E-state index is 11.8. The van der Waals surface area contributed by atoms with Gasteiger partial charge in [0.05, 0.1) is 13.0 Å². The van der Waals surface area contributed by atoms with Crippen molar-refractivity contribution < 1.29 is 9.53 Å². The highest BCUT2D eigenvalue weighted by atomic mass is 16.5. The van der Waals surface area contributed by atoms with Gasteiger partial charge in [-0.3, -0.25) is 4.79 Å². The van der Waals surface area contributed by atoms with Crippen molar-refractivity contribution in [1.82, 2.24) is 0 Å². The molecule has 1 rings (SSSR count). The number of ether oxygens (including phenoxy) is 1. The van der Waals surface area contributed by atoms with Crippen LogP contribution < -0.4 is 5.73 Å². The number of esters is 1. The van der Waals surface area contributed by atoms with E-state index in [0.29, 0.717) is 0 Å². The fourth-order valence-corrected chi connectivity index (χ4v) is 2.15. The molecular formula is C15H23NO2. The van der Waals surface area contributed by atoms with Crippen molar-refractivity contribution in [2.45, 2.75) is 33.7 Å². The van der Waals surface area contributed by atoms with E-state index in [1.807, 2.05) is 32.9 Å². The summed E-state index contributed by atoms with van der Waals surface area (Å²) in [5.74, 6) is -0.401. The van der Waals surface area contributed by atoms with Gasteiger partial charge in [-0.2, -0.15) is 0 Å². The number of nitrogens with two attached hydrogens (primary N) is 1. The van der Waals surface area contributed by atoms with Gasteiger partial charge < -0.3 is 10.5 Å². The van der Waals surface area contributed by atoms with Gasteiger partial charge in [0.2, 0.25) is 0 Å². The molecule has 2 atom stereocenters. The Labute approximate surface area is 109 Å². The molecule has 0 aromatic heterocycles. The molecule has 1 aromatic carbocycles. The molecule has 0 aliphatic carbocycles. The molecule has 0 aliphatic rings. The predicted octanol–water partition coefficient (Wildman–Crippen LogP) is 2.75. The molecule has 2 unspecified atom stereocenters. The highest BCUT2D eigenvalue weighted by molar-refractivity contribution is 5.73. The number of carbonyl (C=O) groups excluding carboxylic acids is 1. The van der Waals surface area contributed by atoms with Crippen LogP contribution in [0.5, 0.6) is 0 Å². The third-order valence-corrected chi connectivity index (χ3v) is 3.49. The Kier molecular flexibility index (Phi) is 4.91. The van der Waals surface area contributed by atoms with E-state index < -0.39 is 0 Å². The molecule has 0 heterocycles. The summed E-state index contributed by atoms with van der Waals surface area (Å²) >= 11 is 0. The highest BCUT2D eigenvalue weighted by Gasteiger charge is 2.30. The second kappa shape index (κ2) is 6.01. The van der Waals surface area contributed by atoms with Crippen molar-refractivity contribution in [2.75, 3.05) is 7.11 Å². The third-order valence-electron chi connectivity index (χ3n) is 3.49. The van der Waals surface area contributed by atoms with Gasteiger partial charge in [0.15, 0.2) is 0 Å². The monoisotopic (exact) mass is 249 g/mol. The molecule has 2 N–H and O–H groups in total. The minimum atomic E-state index is -0.322. The normalized spacial score (nSPS) is 14.4. The summed E-state index contributed by atoms with van der Waals surface area (Å²) in [5, 5.41) is 0. The number of aryl methyl sites for hydroxylation is 2. The Morgan fingerprint density at radius 3 is 2.28 bits per heavy atom. The third kappa shape index (κ3) is 3.10. The summed E-state index contributed by atoms with van der Waals surface area (Å²) in [7, 11) is 1.41. The first-order valence-electron chi connectivity index (χ1n) is 6.29. The molecule has 0 saturated carbocycles. The number of hydrogen-bond acceptors (Lipinski definition) is 3. The van der Waals surface area contributed by atoms with Gasteiger partial charge in [-0.25, -0.2) is 0 Å². The quantitative estimate of drug-likeness (QED) is 0.835. The van der Waals surface area contributed by atoms with E-state index in [4.69, 9.17) is 10.5 Å². The summed E-state index contributed by atoms with van der Waals surface area (Å²) < 4.78 is 4.85. The zero-order chi connectivity index (χ0) is 13.9. The molecular weight excluding hydrogens is 226 g/mol. The van der Waals surface area contributed by atoms with Crippen molar-refractivity contribution >= 4 is 5.97 Å². The summed E-state index contributed by atoms with van der Waals surface area (Å²) in [6.07, 6.45) is 0. The van der Waals surface area contributed by atoms with Gasteiger partial charge in [0.25, 0.3) is 0 Å². The second-order valence-corrected chi connectivity index (χ2v) is 5.16. The zero-order valence-electron chi connectivity index (χ0n) is 11.9. The Bertz CT molecular complexity index is 427. The molecule has 0 bridgehead atoms. The van der Waals surface area contributed by atoms with E-state index in [9.17, 15) is 4.79 Å². The minimum Gasteiger partial charge on any atom is -0.469 e. The van der Waals surface area contributed by atoms with E-state index in [-0.39, 0.29) is 23.8 Å². The zero-order valence-corrected chi connectivity index (χ0v) is 11.9. The number of methoxy groups -OCH3 is 1. The number of hydrogen-bond donors (Lipinski definition) is 1.